The predicted octanol–water partition coefficient (Wildman–Crippen LogP) is 5.62. The number of thioether (sulfide) groups is 1. The van der Waals surface area contributed by atoms with E-state index >= 15 is 0 Å². The van der Waals surface area contributed by atoms with Gasteiger partial charge in [-0.3, -0.25) is 14.6 Å². The fourth-order valence-electron chi connectivity index (χ4n) is 3.85. The number of alkyl halides is 3. The molecule has 1 N–H and O–H groups in total. The van der Waals surface area contributed by atoms with Crippen molar-refractivity contribution in [2.24, 2.45) is 4.99 Å². The molecule has 0 unspecified atom stereocenters. The summed E-state index contributed by atoms with van der Waals surface area (Å²) in [5, 5.41) is 2.94. The maximum absolute atomic E-state index is 13.2. The molecular formula is C26H20ClF2N3O5S. The van der Waals surface area contributed by atoms with Gasteiger partial charge in [-0.15, -0.1) is 8.78 Å². The minimum Gasteiger partial charge on any atom is -0.454 e. The number of imide groups is 1. The first-order valence-corrected chi connectivity index (χ1v) is 12.7. The van der Waals surface area contributed by atoms with Crippen molar-refractivity contribution in [3.05, 3.63) is 78.4 Å². The first-order valence-electron chi connectivity index (χ1n) is 11.4. The van der Waals surface area contributed by atoms with E-state index in [2.05, 4.69) is 15.0 Å². The van der Waals surface area contributed by atoms with Crippen LogP contribution in [0, 0.1) is 0 Å². The molecule has 196 valence electrons. The van der Waals surface area contributed by atoms with Crippen LogP contribution in [0.4, 0.5) is 20.2 Å². The van der Waals surface area contributed by atoms with Crippen LogP contribution in [-0.2, 0) is 16.1 Å². The highest BCUT2D eigenvalue weighted by Crippen LogP contribution is 2.34. The van der Waals surface area contributed by atoms with Gasteiger partial charge in [0.15, 0.2) is 16.7 Å². The monoisotopic (exact) mass is 559 g/mol. The highest BCUT2D eigenvalue weighted by molar-refractivity contribution is 8.15. The van der Waals surface area contributed by atoms with Gasteiger partial charge in [0.05, 0.1) is 12.2 Å². The molecule has 0 radical (unpaired) electrons. The van der Waals surface area contributed by atoms with E-state index in [-0.39, 0.29) is 24.7 Å². The first-order chi connectivity index (χ1) is 18.2. The Bertz CT molecular complexity index is 1370. The molecule has 2 aliphatic heterocycles. The Balaban J connectivity index is 1.32. The smallest absolute Gasteiger partial charge is 0.454 e. The Morgan fingerprint density at radius 1 is 1.08 bits per heavy atom. The lowest BCUT2D eigenvalue weighted by molar-refractivity contribution is -0.121. The summed E-state index contributed by atoms with van der Waals surface area (Å²) >= 11 is 5.93. The van der Waals surface area contributed by atoms with Gasteiger partial charge in [0.2, 0.25) is 18.6 Å². The molecule has 8 nitrogen and oxygen atoms in total. The van der Waals surface area contributed by atoms with E-state index < -0.39 is 22.6 Å². The van der Waals surface area contributed by atoms with Gasteiger partial charge >= 0.3 is 5.57 Å². The van der Waals surface area contributed by atoms with Gasteiger partial charge in [0.1, 0.15) is 11.0 Å². The van der Waals surface area contributed by atoms with Crippen molar-refractivity contribution in [1.29, 1.82) is 0 Å². The van der Waals surface area contributed by atoms with Gasteiger partial charge in [0.25, 0.3) is 0 Å². The number of anilines is 2. The van der Waals surface area contributed by atoms with E-state index in [0.29, 0.717) is 23.2 Å². The molecule has 2 aliphatic rings. The lowest BCUT2D eigenvalue weighted by atomic mass is 10.2. The Morgan fingerprint density at radius 3 is 2.55 bits per heavy atom. The van der Waals surface area contributed by atoms with Crippen molar-refractivity contribution in [2.75, 3.05) is 17.0 Å². The fraction of sp³-hybridized carbons (Fsp3) is 0.192. The summed E-state index contributed by atoms with van der Waals surface area (Å²) in [6.45, 7) is 0.464. The largest absolute Gasteiger partial charge is 0.487 e. The number of aliphatic imine (C=N–C) groups is 1. The van der Waals surface area contributed by atoms with Crippen LogP contribution < -0.4 is 24.4 Å². The summed E-state index contributed by atoms with van der Waals surface area (Å²) < 4.78 is 40.8. The zero-order valence-corrected chi connectivity index (χ0v) is 21.2. The van der Waals surface area contributed by atoms with Gasteiger partial charge in [-0.2, -0.15) is 0 Å². The average Bonchev–Trinajstić information content (AvgIpc) is 3.46. The standard InChI is InChI=1S/C26H20ClF2N3O5S/c27-26(28,29)37-19-9-7-18(8-10-19)32-23(33)13-22(24(32)34)38-25(31-17-4-2-1-3-5-17)30-14-16-6-11-20-21(12-16)36-15-35-20/h1-12,22H,13-15H2,(H,30,31)/t22-/m1/s1. The number of amides is 2. The average molecular weight is 560 g/mol. The van der Waals surface area contributed by atoms with Gasteiger partial charge in [-0.25, -0.2) is 4.90 Å². The zero-order chi connectivity index (χ0) is 26.7. The maximum atomic E-state index is 13.2. The first kappa shape index (κ1) is 25.8. The SMILES string of the molecule is O=C1C[C@@H](SC(=NCc2ccc3c(c2)OCO3)Nc2ccccc2)C(=O)N1c1ccc(OC(F)(F)Cl)cc1. The van der Waals surface area contributed by atoms with Crippen LogP contribution in [0.25, 0.3) is 0 Å². The van der Waals surface area contributed by atoms with E-state index in [1.165, 1.54) is 24.3 Å². The van der Waals surface area contributed by atoms with Crippen LogP contribution in [0.3, 0.4) is 0 Å². The Hall–Kier alpha value is -3.83. The van der Waals surface area contributed by atoms with Gasteiger partial charge in [-0.1, -0.05) is 36.0 Å². The van der Waals surface area contributed by atoms with Crippen molar-refractivity contribution < 1.29 is 32.6 Å². The molecule has 1 atom stereocenters. The Morgan fingerprint density at radius 2 is 1.82 bits per heavy atom. The van der Waals surface area contributed by atoms with Gasteiger partial charge in [-0.05, 0) is 54.1 Å². The molecule has 3 aromatic rings. The van der Waals surface area contributed by atoms with E-state index in [1.54, 1.807) is 0 Å². The van der Waals surface area contributed by atoms with Crippen LogP contribution in [0.5, 0.6) is 17.2 Å². The van der Waals surface area contributed by atoms with Crippen LogP contribution in [0.2, 0.25) is 0 Å². The molecule has 3 aromatic carbocycles. The predicted molar refractivity (Wildman–Crippen MR) is 140 cm³/mol. The van der Waals surface area contributed by atoms with Crippen molar-refractivity contribution in [3.8, 4) is 17.2 Å². The number of amidine groups is 1. The van der Waals surface area contributed by atoms with Gasteiger partial charge < -0.3 is 19.5 Å². The zero-order valence-electron chi connectivity index (χ0n) is 19.6. The number of para-hydroxylation sites is 1. The summed E-state index contributed by atoms with van der Waals surface area (Å²) in [4.78, 5) is 31.7. The highest BCUT2D eigenvalue weighted by Gasteiger charge is 2.41. The van der Waals surface area contributed by atoms with Crippen molar-refractivity contribution in [2.45, 2.75) is 23.8 Å². The van der Waals surface area contributed by atoms with Crippen LogP contribution in [-0.4, -0.2) is 34.6 Å². The molecule has 0 bridgehead atoms. The summed E-state index contributed by atoms with van der Waals surface area (Å²) in [5.74, 6) is 0.242. The van der Waals surface area contributed by atoms with Crippen LogP contribution in [0.1, 0.15) is 12.0 Å². The third kappa shape index (κ3) is 6.17. The number of ether oxygens (including phenoxy) is 3. The lowest BCUT2D eigenvalue weighted by Gasteiger charge is -2.17. The minimum absolute atomic E-state index is 0.0545. The maximum Gasteiger partial charge on any atom is 0.487 e. The number of carbonyl (C=O) groups is 2. The topological polar surface area (TPSA) is 89.5 Å². The second-order valence-electron chi connectivity index (χ2n) is 8.22. The molecule has 5 rings (SSSR count). The van der Waals surface area contributed by atoms with E-state index in [4.69, 9.17) is 21.1 Å². The number of fused-ring (bicyclic) bond motifs is 1. The number of rotatable bonds is 7. The lowest BCUT2D eigenvalue weighted by Crippen LogP contribution is -2.31. The minimum atomic E-state index is -3.87. The summed E-state index contributed by atoms with van der Waals surface area (Å²) in [6, 6.07) is 20.0. The van der Waals surface area contributed by atoms with Crippen molar-refractivity contribution >= 4 is 51.7 Å². The second kappa shape index (κ2) is 10.9. The molecule has 0 spiro atoms. The van der Waals surface area contributed by atoms with Crippen molar-refractivity contribution in [1.82, 2.24) is 0 Å². The molecule has 1 saturated heterocycles. The Labute approximate surface area is 225 Å². The van der Waals surface area contributed by atoms with Crippen molar-refractivity contribution in [3.63, 3.8) is 0 Å². The summed E-state index contributed by atoms with van der Waals surface area (Å²) in [5.41, 5.74) is -1.99. The third-order valence-corrected chi connectivity index (χ3v) is 6.74. The molecular weight excluding hydrogens is 540 g/mol. The Kier molecular flexibility index (Phi) is 7.39. The molecule has 2 amide bonds. The highest BCUT2D eigenvalue weighted by atomic mass is 35.5. The van der Waals surface area contributed by atoms with Crippen LogP contribution in [0.15, 0.2) is 77.8 Å². The number of benzene rings is 3. The molecule has 12 heteroatoms. The molecule has 0 aromatic heterocycles. The number of nitrogens with zero attached hydrogens (tertiary/aromatic N) is 2. The van der Waals surface area contributed by atoms with Crippen LogP contribution >= 0.6 is 23.4 Å². The number of nitrogens with one attached hydrogen (secondary N) is 1. The van der Waals surface area contributed by atoms with E-state index in [0.717, 1.165) is 27.9 Å². The van der Waals surface area contributed by atoms with E-state index in [9.17, 15) is 18.4 Å². The molecule has 0 aliphatic carbocycles. The second-order valence-corrected chi connectivity index (χ2v) is 9.85. The number of carbonyl (C=O) groups excluding carboxylic acids is 2. The molecule has 2 heterocycles. The number of hydrogen-bond donors (Lipinski definition) is 1. The molecule has 38 heavy (non-hydrogen) atoms. The summed E-state index contributed by atoms with van der Waals surface area (Å²) in [6.07, 6.45) is -0.0545. The number of hydrogen-bond acceptors (Lipinski definition) is 7. The fourth-order valence-corrected chi connectivity index (χ4v) is 4.96. The molecule has 1 fully saturated rings. The molecule has 0 saturated carbocycles. The number of halogens is 3. The summed E-state index contributed by atoms with van der Waals surface area (Å²) in [7, 11) is 0. The van der Waals surface area contributed by atoms with E-state index in [1.807, 2.05) is 48.5 Å². The third-order valence-electron chi connectivity index (χ3n) is 5.55. The quantitative estimate of drug-likeness (QED) is 0.174. The van der Waals surface area contributed by atoms with Gasteiger partial charge in [0, 0.05) is 23.7 Å². The normalized spacial score (nSPS) is 17.2.